The molecule has 0 saturated heterocycles. The molecule has 0 saturated carbocycles. The van der Waals surface area contributed by atoms with Crippen molar-refractivity contribution in [3.63, 3.8) is 0 Å². The van der Waals surface area contributed by atoms with Crippen LogP contribution < -0.4 is 5.73 Å². The first-order valence-corrected chi connectivity index (χ1v) is 4.09. The number of thiophene rings is 1. The first-order chi connectivity index (χ1) is 4.79. The maximum atomic E-state index is 5.26. The number of nitrogens with two attached hydrogens (primary N) is 1. The van der Waals surface area contributed by atoms with Gasteiger partial charge in [-0.25, -0.2) is 0 Å². The van der Waals surface area contributed by atoms with Gasteiger partial charge in [-0.15, -0.1) is 11.3 Å². The highest BCUT2D eigenvalue weighted by Gasteiger charge is 1.84. The SMILES string of the molecule is NC(=S)/C=C/c1cccs1. The number of hydrogen-bond acceptors (Lipinski definition) is 2. The molecule has 52 valence electrons. The summed E-state index contributed by atoms with van der Waals surface area (Å²) in [4.78, 5) is 1.60. The first kappa shape index (κ1) is 7.44. The van der Waals surface area contributed by atoms with Crippen molar-refractivity contribution in [3.8, 4) is 0 Å². The van der Waals surface area contributed by atoms with Crippen molar-refractivity contribution in [3.05, 3.63) is 28.5 Å². The molecule has 1 heterocycles. The standard InChI is InChI=1S/C7H7NS2/c8-7(9)4-3-6-2-1-5-10-6/h1-5H,(H2,8,9)/b4-3+. The first-order valence-electron chi connectivity index (χ1n) is 2.80. The van der Waals surface area contributed by atoms with Gasteiger partial charge in [0, 0.05) is 4.88 Å². The van der Waals surface area contributed by atoms with E-state index in [-0.39, 0.29) is 0 Å². The third-order valence-corrected chi connectivity index (χ3v) is 1.93. The second-order valence-corrected chi connectivity index (χ2v) is 3.20. The maximum absolute atomic E-state index is 5.26. The van der Waals surface area contributed by atoms with Gasteiger partial charge in [-0.1, -0.05) is 18.3 Å². The van der Waals surface area contributed by atoms with Gasteiger partial charge in [0.1, 0.15) is 0 Å². The Hall–Kier alpha value is -0.670. The lowest BCUT2D eigenvalue weighted by Gasteiger charge is -1.82. The van der Waals surface area contributed by atoms with Crippen molar-refractivity contribution in [1.82, 2.24) is 0 Å². The summed E-state index contributed by atoms with van der Waals surface area (Å²) in [5.74, 6) is 0. The molecule has 1 rings (SSSR count). The summed E-state index contributed by atoms with van der Waals surface area (Å²) in [7, 11) is 0. The highest BCUT2D eigenvalue weighted by atomic mass is 32.1. The molecule has 0 unspecified atom stereocenters. The summed E-state index contributed by atoms with van der Waals surface area (Å²) in [6, 6.07) is 4.00. The molecule has 3 heteroatoms. The predicted molar refractivity (Wildman–Crippen MR) is 50.1 cm³/mol. The van der Waals surface area contributed by atoms with E-state index in [1.54, 1.807) is 17.4 Å². The lowest BCUT2D eigenvalue weighted by Crippen LogP contribution is -2.01. The van der Waals surface area contributed by atoms with Gasteiger partial charge in [0.15, 0.2) is 0 Å². The Bertz CT molecular complexity index is 236. The third-order valence-electron chi connectivity index (χ3n) is 0.955. The molecule has 0 bridgehead atoms. The van der Waals surface area contributed by atoms with E-state index in [0.29, 0.717) is 4.99 Å². The largest absolute Gasteiger partial charge is 0.390 e. The summed E-state index contributed by atoms with van der Waals surface area (Å²) in [6.45, 7) is 0. The molecule has 0 aliphatic carbocycles. The van der Waals surface area contributed by atoms with Crippen LogP contribution in [0.15, 0.2) is 23.6 Å². The lowest BCUT2D eigenvalue weighted by molar-refractivity contribution is 1.83. The summed E-state index contributed by atoms with van der Waals surface area (Å²) in [5, 5.41) is 2.01. The molecule has 1 aromatic heterocycles. The van der Waals surface area contributed by atoms with Crippen LogP contribution in [0.4, 0.5) is 0 Å². The van der Waals surface area contributed by atoms with Crippen LogP contribution in [0, 0.1) is 0 Å². The normalized spacial score (nSPS) is 10.4. The maximum Gasteiger partial charge on any atom is 0.0962 e. The number of thiocarbonyl (C=S) groups is 1. The predicted octanol–water partition coefficient (Wildman–Crippen LogP) is 2.05. The van der Waals surface area contributed by atoms with Crippen LogP contribution in [0.1, 0.15) is 4.88 Å². The molecule has 0 aliphatic heterocycles. The van der Waals surface area contributed by atoms with Crippen molar-refractivity contribution in [2.45, 2.75) is 0 Å². The molecule has 2 N–H and O–H groups in total. The highest BCUT2D eigenvalue weighted by molar-refractivity contribution is 7.80. The van der Waals surface area contributed by atoms with Gasteiger partial charge < -0.3 is 5.73 Å². The monoisotopic (exact) mass is 169 g/mol. The quantitative estimate of drug-likeness (QED) is 0.541. The van der Waals surface area contributed by atoms with E-state index in [1.807, 2.05) is 23.6 Å². The molecular weight excluding hydrogens is 162 g/mol. The van der Waals surface area contributed by atoms with Crippen LogP contribution in [0.5, 0.6) is 0 Å². The Morgan fingerprint density at radius 3 is 3.00 bits per heavy atom. The molecule has 0 fully saturated rings. The summed E-state index contributed by atoms with van der Waals surface area (Å²) in [5.41, 5.74) is 5.26. The number of rotatable bonds is 2. The topological polar surface area (TPSA) is 26.0 Å². The van der Waals surface area contributed by atoms with Gasteiger partial charge in [0.05, 0.1) is 4.99 Å². The average molecular weight is 169 g/mol. The summed E-state index contributed by atoms with van der Waals surface area (Å²) in [6.07, 6.45) is 3.63. The van der Waals surface area contributed by atoms with E-state index in [4.69, 9.17) is 5.73 Å². The average Bonchev–Trinajstić information content (AvgIpc) is 2.34. The van der Waals surface area contributed by atoms with E-state index < -0.39 is 0 Å². The van der Waals surface area contributed by atoms with Gasteiger partial charge in [0.2, 0.25) is 0 Å². The molecule has 10 heavy (non-hydrogen) atoms. The molecular formula is C7H7NS2. The lowest BCUT2D eigenvalue weighted by atomic mass is 10.4. The Balaban J connectivity index is 2.64. The Labute approximate surface area is 69.2 Å². The van der Waals surface area contributed by atoms with Crippen molar-refractivity contribution < 1.29 is 0 Å². The molecule has 0 amide bonds. The molecule has 1 nitrogen and oxygen atoms in total. The molecule has 0 spiro atoms. The zero-order valence-corrected chi connectivity index (χ0v) is 6.91. The Kier molecular flexibility index (Phi) is 2.59. The van der Waals surface area contributed by atoms with E-state index in [1.165, 1.54) is 4.88 Å². The van der Waals surface area contributed by atoms with Gasteiger partial charge >= 0.3 is 0 Å². The second-order valence-electron chi connectivity index (χ2n) is 1.75. The van der Waals surface area contributed by atoms with Crippen LogP contribution in [0.3, 0.4) is 0 Å². The fraction of sp³-hybridized carbons (Fsp3) is 0. The van der Waals surface area contributed by atoms with E-state index >= 15 is 0 Å². The minimum atomic E-state index is 0.424. The van der Waals surface area contributed by atoms with Crippen LogP contribution >= 0.6 is 23.6 Å². The molecule has 0 aliphatic rings. The van der Waals surface area contributed by atoms with Crippen molar-refractivity contribution in [2.75, 3.05) is 0 Å². The number of hydrogen-bond donors (Lipinski definition) is 1. The molecule has 0 atom stereocenters. The van der Waals surface area contributed by atoms with Crippen LogP contribution in [0.25, 0.3) is 6.08 Å². The van der Waals surface area contributed by atoms with Crippen LogP contribution in [0.2, 0.25) is 0 Å². The van der Waals surface area contributed by atoms with E-state index in [0.717, 1.165) is 0 Å². The van der Waals surface area contributed by atoms with Crippen LogP contribution in [-0.4, -0.2) is 4.99 Å². The minimum absolute atomic E-state index is 0.424. The zero-order valence-electron chi connectivity index (χ0n) is 5.28. The molecule has 0 aromatic carbocycles. The van der Waals surface area contributed by atoms with Gasteiger partial charge in [-0.2, -0.15) is 0 Å². The highest BCUT2D eigenvalue weighted by Crippen LogP contribution is 2.09. The Morgan fingerprint density at radius 1 is 1.70 bits per heavy atom. The second kappa shape index (κ2) is 3.49. The summed E-state index contributed by atoms with van der Waals surface area (Å²) < 4.78 is 0. The molecule has 1 aromatic rings. The van der Waals surface area contributed by atoms with Crippen molar-refractivity contribution in [1.29, 1.82) is 0 Å². The fourth-order valence-corrected chi connectivity index (χ4v) is 1.24. The van der Waals surface area contributed by atoms with E-state index in [2.05, 4.69) is 12.2 Å². The minimum Gasteiger partial charge on any atom is -0.390 e. The van der Waals surface area contributed by atoms with Crippen molar-refractivity contribution in [2.24, 2.45) is 5.73 Å². The molecule has 0 radical (unpaired) electrons. The zero-order chi connectivity index (χ0) is 7.40. The van der Waals surface area contributed by atoms with E-state index in [9.17, 15) is 0 Å². The van der Waals surface area contributed by atoms with Gasteiger partial charge in [-0.05, 0) is 23.6 Å². The van der Waals surface area contributed by atoms with Crippen molar-refractivity contribution >= 4 is 34.6 Å². The van der Waals surface area contributed by atoms with Gasteiger partial charge in [-0.3, -0.25) is 0 Å². The fourth-order valence-electron chi connectivity index (χ4n) is 0.550. The Morgan fingerprint density at radius 2 is 2.50 bits per heavy atom. The van der Waals surface area contributed by atoms with Gasteiger partial charge in [0.25, 0.3) is 0 Å². The van der Waals surface area contributed by atoms with Crippen LogP contribution in [-0.2, 0) is 0 Å². The smallest absolute Gasteiger partial charge is 0.0962 e. The third kappa shape index (κ3) is 2.29. The summed E-state index contributed by atoms with van der Waals surface area (Å²) >= 11 is 6.33.